The van der Waals surface area contributed by atoms with E-state index in [4.69, 9.17) is 0 Å². The van der Waals surface area contributed by atoms with Crippen molar-refractivity contribution < 1.29 is 4.79 Å². The van der Waals surface area contributed by atoms with Crippen LogP contribution in [0.5, 0.6) is 0 Å². The van der Waals surface area contributed by atoms with Crippen molar-refractivity contribution in [2.75, 3.05) is 0 Å². The number of ketones is 1. The van der Waals surface area contributed by atoms with Gasteiger partial charge < -0.3 is 0 Å². The van der Waals surface area contributed by atoms with Gasteiger partial charge in [0.05, 0.1) is 6.42 Å². The van der Waals surface area contributed by atoms with Crippen molar-refractivity contribution in [3.8, 4) is 0 Å². The Morgan fingerprint density at radius 2 is 2.11 bits per heavy atom. The lowest BCUT2D eigenvalue weighted by Gasteiger charge is -2.13. The molecule has 0 spiro atoms. The fourth-order valence-corrected chi connectivity index (χ4v) is 2.42. The van der Waals surface area contributed by atoms with E-state index in [-0.39, 0.29) is 11.8 Å². The predicted molar refractivity (Wildman–Crippen MR) is 70.3 cm³/mol. The van der Waals surface area contributed by atoms with Crippen LogP contribution in [0.4, 0.5) is 0 Å². The van der Waals surface area contributed by atoms with Gasteiger partial charge in [0, 0.05) is 6.04 Å². The first-order valence-electron chi connectivity index (χ1n) is 6.77. The van der Waals surface area contributed by atoms with Crippen LogP contribution in [0.3, 0.4) is 0 Å². The van der Waals surface area contributed by atoms with Gasteiger partial charge in [-0.25, -0.2) is 9.67 Å². The molecule has 0 aliphatic heterocycles. The van der Waals surface area contributed by atoms with Gasteiger partial charge in [0.1, 0.15) is 12.2 Å². The molecule has 0 bridgehead atoms. The molecule has 1 aliphatic carbocycles. The van der Waals surface area contributed by atoms with Gasteiger partial charge in [-0.15, -0.1) is 0 Å². The van der Waals surface area contributed by atoms with Crippen LogP contribution >= 0.6 is 0 Å². The highest BCUT2D eigenvalue weighted by Gasteiger charge is 2.12. The molecule has 1 heterocycles. The van der Waals surface area contributed by atoms with Gasteiger partial charge in [-0.1, -0.05) is 12.0 Å². The van der Waals surface area contributed by atoms with Gasteiger partial charge in [-0.3, -0.25) is 4.79 Å². The molecule has 0 amide bonds. The first-order valence-corrected chi connectivity index (χ1v) is 6.77. The monoisotopic (exact) mass is 247 g/mol. The molecule has 1 aromatic rings. The smallest absolute Gasteiger partial charge is 0.163 e. The Labute approximate surface area is 108 Å². The van der Waals surface area contributed by atoms with Crippen molar-refractivity contribution in [1.29, 1.82) is 0 Å². The number of rotatable bonds is 4. The van der Waals surface area contributed by atoms with Gasteiger partial charge in [-0.05, 0) is 45.6 Å². The van der Waals surface area contributed by atoms with E-state index in [1.807, 2.05) is 24.6 Å². The number of carbonyl (C=O) groups is 1. The van der Waals surface area contributed by atoms with Gasteiger partial charge >= 0.3 is 0 Å². The van der Waals surface area contributed by atoms with E-state index in [0.29, 0.717) is 6.42 Å². The average molecular weight is 247 g/mol. The van der Waals surface area contributed by atoms with E-state index in [1.165, 1.54) is 31.2 Å². The lowest BCUT2D eigenvalue weighted by molar-refractivity contribution is -0.114. The summed E-state index contributed by atoms with van der Waals surface area (Å²) in [5.41, 5.74) is 1.31. The quantitative estimate of drug-likeness (QED) is 0.769. The van der Waals surface area contributed by atoms with Crippen LogP contribution in [0, 0.1) is 0 Å². The van der Waals surface area contributed by atoms with Crippen molar-refractivity contribution in [2.24, 2.45) is 0 Å². The normalized spacial score (nSPS) is 16.1. The Balaban J connectivity index is 2.00. The molecule has 4 nitrogen and oxygen atoms in total. The van der Waals surface area contributed by atoms with Gasteiger partial charge in [0.25, 0.3) is 0 Å². The van der Waals surface area contributed by atoms with E-state index in [2.05, 4.69) is 10.1 Å². The lowest BCUT2D eigenvalue weighted by Crippen LogP contribution is -2.12. The second-order valence-electron chi connectivity index (χ2n) is 5.22. The Hall–Kier alpha value is -1.45. The number of hydrogen-bond donors (Lipinski definition) is 0. The molecule has 0 N–H and O–H groups in total. The van der Waals surface area contributed by atoms with Crippen LogP contribution in [-0.2, 0) is 11.2 Å². The minimum Gasteiger partial charge on any atom is -0.294 e. The molecule has 0 unspecified atom stereocenters. The number of aromatic nitrogens is 3. The summed E-state index contributed by atoms with van der Waals surface area (Å²) in [5, 5.41) is 4.15. The molecule has 0 aromatic carbocycles. The summed E-state index contributed by atoms with van der Waals surface area (Å²) in [5.74, 6) is 0.921. The summed E-state index contributed by atoms with van der Waals surface area (Å²) in [6.45, 7) is 4.09. The first kappa shape index (κ1) is 13.0. The minimum absolute atomic E-state index is 0.154. The van der Waals surface area contributed by atoms with Crippen LogP contribution in [0.15, 0.2) is 18.0 Å². The maximum atomic E-state index is 12.0. The Morgan fingerprint density at radius 3 is 2.78 bits per heavy atom. The second-order valence-corrected chi connectivity index (χ2v) is 5.22. The molecule has 4 heteroatoms. The summed E-state index contributed by atoms with van der Waals surface area (Å²) in [7, 11) is 0. The SMILES string of the molecule is CC(C)n1ncnc1CC(=O)C=C1CCCCC1. The van der Waals surface area contributed by atoms with E-state index in [9.17, 15) is 4.79 Å². The molecule has 1 aliphatic rings. The molecular weight excluding hydrogens is 226 g/mol. The van der Waals surface area contributed by atoms with Gasteiger partial charge in [0.15, 0.2) is 5.78 Å². The molecule has 1 saturated carbocycles. The van der Waals surface area contributed by atoms with Crippen LogP contribution in [0.25, 0.3) is 0 Å². The number of allylic oxidation sites excluding steroid dienone is 2. The highest BCUT2D eigenvalue weighted by Crippen LogP contribution is 2.22. The maximum absolute atomic E-state index is 12.0. The highest BCUT2D eigenvalue weighted by atomic mass is 16.1. The van der Waals surface area contributed by atoms with E-state index in [0.717, 1.165) is 18.7 Å². The number of hydrogen-bond acceptors (Lipinski definition) is 3. The van der Waals surface area contributed by atoms with Crippen LogP contribution < -0.4 is 0 Å². The number of nitrogens with zero attached hydrogens (tertiary/aromatic N) is 3. The zero-order valence-electron chi connectivity index (χ0n) is 11.2. The third-order valence-corrected chi connectivity index (χ3v) is 3.33. The highest BCUT2D eigenvalue weighted by molar-refractivity contribution is 5.91. The van der Waals surface area contributed by atoms with Crippen LogP contribution in [0.1, 0.15) is 57.8 Å². The lowest BCUT2D eigenvalue weighted by atomic mass is 9.94. The van der Waals surface area contributed by atoms with Gasteiger partial charge in [-0.2, -0.15) is 5.10 Å². The molecule has 98 valence electrons. The van der Waals surface area contributed by atoms with Crippen molar-refractivity contribution in [3.63, 3.8) is 0 Å². The second kappa shape index (κ2) is 5.94. The first-order chi connectivity index (χ1) is 8.66. The van der Waals surface area contributed by atoms with Gasteiger partial charge in [0.2, 0.25) is 0 Å². The molecule has 18 heavy (non-hydrogen) atoms. The topological polar surface area (TPSA) is 47.8 Å². The zero-order valence-corrected chi connectivity index (χ0v) is 11.2. The predicted octanol–water partition coefficient (Wildman–Crippen LogP) is 2.86. The molecule has 0 saturated heterocycles. The van der Waals surface area contributed by atoms with E-state index >= 15 is 0 Å². The fraction of sp³-hybridized carbons (Fsp3) is 0.643. The van der Waals surface area contributed by atoms with Crippen molar-refractivity contribution in [2.45, 2.75) is 58.4 Å². The summed E-state index contributed by atoms with van der Waals surface area (Å²) < 4.78 is 1.82. The van der Waals surface area contributed by atoms with Crippen molar-refractivity contribution >= 4 is 5.78 Å². The molecule has 0 atom stereocenters. The average Bonchev–Trinajstić information content (AvgIpc) is 2.78. The maximum Gasteiger partial charge on any atom is 0.163 e. The third kappa shape index (κ3) is 3.28. The Morgan fingerprint density at radius 1 is 1.39 bits per heavy atom. The number of carbonyl (C=O) groups excluding carboxylic acids is 1. The fourth-order valence-electron chi connectivity index (χ4n) is 2.42. The Bertz CT molecular complexity index is 438. The van der Waals surface area contributed by atoms with Crippen LogP contribution in [-0.4, -0.2) is 20.5 Å². The van der Waals surface area contributed by atoms with Crippen molar-refractivity contribution in [1.82, 2.24) is 14.8 Å². The summed E-state index contributed by atoms with van der Waals surface area (Å²) in [6.07, 6.45) is 9.64. The van der Waals surface area contributed by atoms with E-state index < -0.39 is 0 Å². The third-order valence-electron chi connectivity index (χ3n) is 3.33. The summed E-state index contributed by atoms with van der Waals surface area (Å²) in [4.78, 5) is 16.2. The summed E-state index contributed by atoms with van der Waals surface area (Å²) >= 11 is 0. The molecule has 1 aromatic heterocycles. The Kier molecular flexibility index (Phi) is 4.28. The van der Waals surface area contributed by atoms with E-state index in [1.54, 1.807) is 0 Å². The molecular formula is C14H21N3O. The summed E-state index contributed by atoms with van der Waals surface area (Å²) in [6, 6.07) is 0.248. The minimum atomic E-state index is 0.154. The zero-order chi connectivity index (χ0) is 13.0. The van der Waals surface area contributed by atoms with Crippen molar-refractivity contribution in [3.05, 3.63) is 23.8 Å². The van der Waals surface area contributed by atoms with Crippen LogP contribution in [0.2, 0.25) is 0 Å². The largest absolute Gasteiger partial charge is 0.294 e. The molecule has 0 radical (unpaired) electrons. The standard InChI is InChI=1S/C14H21N3O/c1-11(2)17-14(15-10-16-17)9-13(18)8-12-6-4-3-5-7-12/h8,10-11H,3-7,9H2,1-2H3. The molecule has 2 rings (SSSR count). The molecule has 1 fully saturated rings.